The lowest BCUT2D eigenvalue weighted by atomic mass is 10.0. The van der Waals surface area contributed by atoms with Crippen LogP contribution >= 0.6 is 0 Å². The summed E-state index contributed by atoms with van der Waals surface area (Å²) in [6.07, 6.45) is 0.602. The Morgan fingerprint density at radius 1 is 1.20 bits per heavy atom. The highest BCUT2D eigenvalue weighted by Gasteiger charge is 2.23. The molecule has 0 spiro atoms. The fraction of sp³-hybridized carbons (Fsp3) is 0.818. The van der Waals surface area contributed by atoms with Crippen molar-refractivity contribution in [2.75, 3.05) is 7.11 Å². The third-order valence-electron chi connectivity index (χ3n) is 2.03. The summed E-state index contributed by atoms with van der Waals surface area (Å²) in [6.45, 7) is 7.58. The Labute approximate surface area is 91.4 Å². The van der Waals surface area contributed by atoms with Gasteiger partial charge in [-0.25, -0.2) is 4.79 Å². The number of rotatable bonds is 5. The van der Waals surface area contributed by atoms with Crippen LogP contribution in [-0.2, 0) is 14.3 Å². The zero-order valence-electron chi connectivity index (χ0n) is 10.2. The molecule has 4 heteroatoms. The second-order valence-electron chi connectivity index (χ2n) is 4.37. The molecule has 0 saturated carbocycles. The number of amides is 1. The van der Waals surface area contributed by atoms with E-state index in [2.05, 4.69) is 10.1 Å². The number of nitrogens with one attached hydrogen (secondary N) is 1. The molecule has 0 heterocycles. The van der Waals surface area contributed by atoms with Gasteiger partial charge in [0.05, 0.1) is 7.11 Å². The zero-order valence-corrected chi connectivity index (χ0v) is 10.2. The molecule has 88 valence electrons. The van der Waals surface area contributed by atoms with Gasteiger partial charge in [0.2, 0.25) is 5.91 Å². The number of hydrogen-bond donors (Lipinski definition) is 1. The van der Waals surface area contributed by atoms with Crippen molar-refractivity contribution in [3.8, 4) is 0 Å². The van der Waals surface area contributed by atoms with Crippen molar-refractivity contribution >= 4 is 11.9 Å². The van der Waals surface area contributed by atoms with Crippen LogP contribution in [0.25, 0.3) is 0 Å². The van der Waals surface area contributed by atoms with Gasteiger partial charge in [0, 0.05) is 5.92 Å². The molecule has 0 radical (unpaired) electrons. The van der Waals surface area contributed by atoms with Crippen LogP contribution in [0.1, 0.15) is 34.1 Å². The summed E-state index contributed by atoms with van der Waals surface area (Å²) >= 11 is 0. The molecular formula is C11H21NO3. The van der Waals surface area contributed by atoms with Crippen LogP contribution in [0.15, 0.2) is 0 Å². The van der Waals surface area contributed by atoms with E-state index in [0.29, 0.717) is 12.3 Å². The summed E-state index contributed by atoms with van der Waals surface area (Å²) in [6, 6.07) is -0.523. The van der Waals surface area contributed by atoms with E-state index in [1.165, 1.54) is 7.11 Å². The van der Waals surface area contributed by atoms with Gasteiger partial charge in [-0.15, -0.1) is 0 Å². The summed E-state index contributed by atoms with van der Waals surface area (Å²) in [5.74, 6) is -0.283. The van der Waals surface area contributed by atoms with Crippen LogP contribution in [0, 0.1) is 11.8 Å². The molecule has 1 atom stereocenters. The Bertz CT molecular complexity index is 224. The number of carbonyl (C=O) groups excluding carboxylic acids is 2. The molecule has 0 bridgehead atoms. The van der Waals surface area contributed by atoms with Crippen LogP contribution in [-0.4, -0.2) is 25.0 Å². The number of methoxy groups -OCH3 is 1. The number of hydrogen-bond acceptors (Lipinski definition) is 3. The van der Waals surface area contributed by atoms with Gasteiger partial charge < -0.3 is 10.1 Å². The van der Waals surface area contributed by atoms with Crippen molar-refractivity contribution in [3.05, 3.63) is 0 Å². The zero-order chi connectivity index (χ0) is 12.0. The average Bonchev–Trinajstić information content (AvgIpc) is 2.14. The van der Waals surface area contributed by atoms with E-state index in [1.807, 2.05) is 13.8 Å². The minimum absolute atomic E-state index is 0.119. The number of esters is 1. The van der Waals surface area contributed by atoms with Crippen molar-refractivity contribution in [2.24, 2.45) is 11.8 Å². The molecule has 1 N–H and O–H groups in total. The smallest absolute Gasteiger partial charge is 0.328 e. The highest BCUT2D eigenvalue weighted by molar-refractivity contribution is 5.85. The van der Waals surface area contributed by atoms with Crippen molar-refractivity contribution in [1.29, 1.82) is 0 Å². The average molecular weight is 215 g/mol. The summed E-state index contributed by atoms with van der Waals surface area (Å²) in [5, 5.41) is 2.68. The standard InChI is InChI=1S/C11H21NO3/c1-7(2)6-9(11(14)15-5)12-10(13)8(3)4/h7-9H,6H2,1-5H3,(H,12,13). The Morgan fingerprint density at radius 3 is 2.07 bits per heavy atom. The number of carbonyl (C=O) groups is 2. The fourth-order valence-electron chi connectivity index (χ4n) is 1.17. The Morgan fingerprint density at radius 2 is 1.73 bits per heavy atom. The van der Waals surface area contributed by atoms with Gasteiger partial charge in [-0.1, -0.05) is 27.7 Å². The van der Waals surface area contributed by atoms with Gasteiger partial charge in [-0.3, -0.25) is 4.79 Å². The first-order valence-corrected chi connectivity index (χ1v) is 5.26. The molecule has 0 aliphatic rings. The first-order chi connectivity index (χ1) is 6.88. The molecule has 0 fully saturated rings. The normalized spacial score (nSPS) is 12.7. The Hall–Kier alpha value is -1.06. The van der Waals surface area contributed by atoms with E-state index in [4.69, 9.17) is 0 Å². The molecule has 1 unspecified atom stereocenters. The summed E-state index contributed by atoms with van der Waals surface area (Å²) < 4.78 is 4.64. The molecule has 0 aromatic heterocycles. The largest absolute Gasteiger partial charge is 0.467 e. The van der Waals surface area contributed by atoms with Gasteiger partial charge in [0.25, 0.3) is 0 Å². The highest BCUT2D eigenvalue weighted by atomic mass is 16.5. The second kappa shape index (κ2) is 6.43. The quantitative estimate of drug-likeness (QED) is 0.704. The molecule has 0 rings (SSSR count). The predicted octanol–water partition coefficient (Wildman–Crippen LogP) is 1.35. The minimum atomic E-state index is -0.523. The third-order valence-corrected chi connectivity index (χ3v) is 2.03. The summed E-state index contributed by atoms with van der Waals surface area (Å²) in [4.78, 5) is 22.8. The lowest BCUT2D eigenvalue weighted by molar-refractivity contribution is -0.145. The van der Waals surface area contributed by atoms with Gasteiger partial charge in [-0.2, -0.15) is 0 Å². The lowest BCUT2D eigenvalue weighted by Crippen LogP contribution is -2.44. The van der Waals surface area contributed by atoms with Crippen LogP contribution in [0.3, 0.4) is 0 Å². The molecule has 0 aliphatic carbocycles. The Balaban J connectivity index is 4.37. The van der Waals surface area contributed by atoms with E-state index in [0.717, 1.165) is 0 Å². The predicted molar refractivity (Wildman–Crippen MR) is 58.2 cm³/mol. The lowest BCUT2D eigenvalue weighted by Gasteiger charge is -2.19. The van der Waals surface area contributed by atoms with Crippen molar-refractivity contribution in [3.63, 3.8) is 0 Å². The van der Waals surface area contributed by atoms with Crippen LogP contribution in [0.4, 0.5) is 0 Å². The maximum absolute atomic E-state index is 11.4. The molecule has 0 saturated heterocycles. The summed E-state index contributed by atoms with van der Waals surface area (Å²) in [7, 11) is 1.33. The van der Waals surface area contributed by atoms with Gasteiger partial charge >= 0.3 is 5.97 Å². The summed E-state index contributed by atoms with van der Waals surface area (Å²) in [5.41, 5.74) is 0. The van der Waals surface area contributed by atoms with E-state index < -0.39 is 6.04 Å². The topological polar surface area (TPSA) is 55.4 Å². The second-order valence-corrected chi connectivity index (χ2v) is 4.37. The fourth-order valence-corrected chi connectivity index (χ4v) is 1.17. The molecule has 4 nitrogen and oxygen atoms in total. The van der Waals surface area contributed by atoms with E-state index in [1.54, 1.807) is 13.8 Å². The molecular weight excluding hydrogens is 194 g/mol. The van der Waals surface area contributed by atoms with E-state index in [-0.39, 0.29) is 17.8 Å². The third kappa shape index (κ3) is 5.40. The SMILES string of the molecule is COC(=O)C(CC(C)C)NC(=O)C(C)C. The van der Waals surface area contributed by atoms with Crippen molar-refractivity contribution in [1.82, 2.24) is 5.32 Å². The molecule has 0 aromatic rings. The van der Waals surface area contributed by atoms with Crippen molar-refractivity contribution < 1.29 is 14.3 Å². The van der Waals surface area contributed by atoms with Crippen LogP contribution in [0.2, 0.25) is 0 Å². The monoisotopic (exact) mass is 215 g/mol. The number of ether oxygens (including phenoxy) is 1. The van der Waals surface area contributed by atoms with Gasteiger partial charge in [-0.05, 0) is 12.3 Å². The maximum Gasteiger partial charge on any atom is 0.328 e. The maximum atomic E-state index is 11.4. The first kappa shape index (κ1) is 13.9. The van der Waals surface area contributed by atoms with E-state index >= 15 is 0 Å². The van der Waals surface area contributed by atoms with Gasteiger partial charge in [0.15, 0.2) is 0 Å². The Kier molecular flexibility index (Phi) is 5.97. The molecule has 15 heavy (non-hydrogen) atoms. The van der Waals surface area contributed by atoms with Crippen LogP contribution < -0.4 is 5.32 Å². The molecule has 0 aromatic carbocycles. The van der Waals surface area contributed by atoms with Crippen molar-refractivity contribution in [2.45, 2.75) is 40.2 Å². The van der Waals surface area contributed by atoms with Gasteiger partial charge in [0.1, 0.15) is 6.04 Å². The molecule has 1 amide bonds. The minimum Gasteiger partial charge on any atom is -0.467 e. The highest BCUT2D eigenvalue weighted by Crippen LogP contribution is 2.07. The first-order valence-electron chi connectivity index (χ1n) is 5.26. The molecule has 0 aliphatic heterocycles. The van der Waals surface area contributed by atoms with Crippen LogP contribution in [0.5, 0.6) is 0 Å². The van der Waals surface area contributed by atoms with E-state index in [9.17, 15) is 9.59 Å².